The Morgan fingerprint density at radius 1 is 1.43 bits per heavy atom. The Bertz CT molecular complexity index is 746. The second kappa shape index (κ2) is 8.78. The Hall–Kier alpha value is -1.66. The van der Waals surface area contributed by atoms with Crippen molar-refractivity contribution in [2.24, 2.45) is 4.99 Å². The minimum Gasteiger partial charge on any atom is -0.372 e. The van der Waals surface area contributed by atoms with Crippen LogP contribution < -0.4 is 10.2 Å². The van der Waals surface area contributed by atoms with Crippen LogP contribution in [0.25, 0.3) is 0 Å². The molecule has 0 spiro atoms. The van der Waals surface area contributed by atoms with Gasteiger partial charge in [-0.3, -0.25) is 15.0 Å². The highest BCUT2D eigenvalue weighted by atomic mass is 35.5. The molecule has 1 N–H and O–H groups in total. The second-order valence-corrected chi connectivity index (χ2v) is 8.79. The summed E-state index contributed by atoms with van der Waals surface area (Å²) in [7, 11) is 0. The normalized spacial score (nSPS) is 18.2. The van der Waals surface area contributed by atoms with Gasteiger partial charge >= 0.3 is 0 Å². The largest absolute Gasteiger partial charge is 0.372 e. The first-order valence-corrected chi connectivity index (χ1v) is 10.6. The highest BCUT2D eigenvalue weighted by Crippen LogP contribution is 2.34. The van der Waals surface area contributed by atoms with Crippen molar-refractivity contribution >= 4 is 29.3 Å². The van der Waals surface area contributed by atoms with Crippen LogP contribution in [0.3, 0.4) is 0 Å². The average Bonchev–Trinajstić information content (AvgIpc) is 2.54. The third kappa shape index (κ3) is 5.03. The lowest BCUT2D eigenvalue weighted by Gasteiger charge is -2.41. The lowest BCUT2D eigenvalue weighted by atomic mass is 9.91. The van der Waals surface area contributed by atoms with E-state index in [0.717, 1.165) is 37.1 Å². The van der Waals surface area contributed by atoms with E-state index in [9.17, 15) is 4.79 Å². The number of hydrogen-bond donors (Lipinski definition) is 1. The van der Waals surface area contributed by atoms with Crippen molar-refractivity contribution in [3.63, 3.8) is 0 Å². The minimum atomic E-state index is -0.228. The summed E-state index contributed by atoms with van der Waals surface area (Å²) in [6, 6.07) is 4.06. The number of guanidine groups is 1. The Kier molecular flexibility index (Phi) is 6.61. The van der Waals surface area contributed by atoms with E-state index in [-0.39, 0.29) is 17.6 Å². The minimum absolute atomic E-state index is 0.0895. The van der Waals surface area contributed by atoms with Crippen molar-refractivity contribution < 1.29 is 9.53 Å². The SMILES string of the molecule is CCCC(C)(C)O[C@H](C)CC(=O)NC1=NCc2ccc(Cl)nc2N1C1CCC1. The number of nitrogens with one attached hydrogen (secondary N) is 1. The van der Waals surface area contributed by atoms with E-state index in [1.54, 1.807) is 6.07 Å². The number of anilines is 1. The van der Waals surface area contributed by atoms with Gasteiger partial charge in [0.15, 0.2) is 0 Å². The highest BCUT2D eigenvalue weighted by molar-refractivity contribution is 6.29. The van der Waals surface area contributed by atoms with Crippen LogP contribution in [0.4, 0.5) is 5.82 Å². The molecule has 2 aliphatic rings. The predicted molar refractivity (Wildman–Crippen MR) is 113 cm³/mol. The lowest BCUT2D eigenvalue weighted by Crippen LogP contribution is -2.54. The monoisotopic (exact) mass is 406 g/mol. The van der Waals surface area contributed by atoms with E-state index >= 15 is 0 Å². The number of hydrogen-bond acceptors (Lipinski definition) is 5. The van der Waals surface area contributed by atoms with E-state index in [1.165, 1.54) is 6.42 Å². The highest BCUT2D eigenvalue weighted by Gasteiger charge is 2.34. The molecule has 7 heteroatoms. The second-order valence-electron chi connectivity index (χ2n) is 8.40. The van der Waals surface area contributed by atoms with E-state index in [2.05, 4.69) is 41.0 Å². The molecule has 154 valence electrons. The Morgan fingerprint density at radius 2 is 2.18 bits per heavy atom. The van der Waals surface area contributed by atoms with E-state index in [1.807, 2.05) is 13.0 Å². The van der Waals surface area contributed by atoms with E-state index < -0.39 is 0 Å². The van der Waals surface area contributed by atoms with Gasteiger partial charge in [0.05, 0.1) is 24.7 Å². The molecule has 28 heavy (non-hydrogen) atoms. The average molecular weight is 407 g/mol. The number of carbonyl (C=O) groups is 1. The molecule has 2 heterocycles. The maximum Gasteiger partial charge on any atom is 0.229 e. The standard InChI is InChI=1S/C21H31ClN4O2/c1-5-11-21(3,4)28-14(2)12-18(27)25-20-23-13-15-9-10-17(22)24-19(15)26(20)16-7-6-8-16/h9-10,14,16H,5-8,11-13H2,1-4H3,(H,23,25,27)/t14-/m1/s1. The van der Waals surface area contributed by atoms with E-state index in [4.69, 9.17) is 16.3 Å². The van der Waals surface area contributed by atoms with Crippen molar-refractivity contribution in [1.29, 1.82) is 0 Å². The third-order valence-corrected chi connectivity index (χ3v) is 5.52. The molecule has 1 aromatic rings. The van der Waals surface area contributed by atoms with Gasteiger partial charge in [-0.15, -0.1) is 0 Å². The van der Waals surface area contributed by atoms with Crippen LogP contribution in [-0.4, -0.2) is 34.6 Å². The van der Waals surface area contributed by atoms with Gasteiger partial charge in [-0.1, -0.05) is 31.0 Å². The summed E-state index contributed by atoms with van der Waals surface area (Å²) in [5.74, 6) is 1.31. The molecule has 1 aliphatic heterocycles. The van der Waals surface area contributed by atoms with E-state index in [0.29, 0.717) is 30.1 Å². The molecule has 1 aromatic heterocycles. The molecule has 1 atom stereocenters. The van der Waals surface area contributed by atoms with Gasteiger partial charge in [0.2, 0.25) is 11.9 Å². The van der Waals surface area contributed by atoms with Crippen LogP contribution >= 0.6 is 11.6 Å². The first-order chi connectivity index (χ1) is 13.3. The lowest BCUT2D eigenvalue weighted by molar-refractivity contribution is -0.126. The molecule has 1 fully saturated rings. The fraction of sp³-hybridized carbons (Fsp3) is 0.667. The fourth-order valence-electron chi connectivity index (χ4n) is 3.90. The Balaban J connectivity index is 1.67. The zero-order valence-electron chi connectivity index (χ0n) is 17.3. The molecule has 0 radical (unpaired) electrons. The molecule has 1 amide bonds. The van der Waals surface area contributed by atoms with Crippen molar-refractivity contribution in [1.82, 2.24) is 10.3 Å². The van der Waals surface area contributed by atoms with Crippen LogP contribution in [0.5, 0.6) is 0 Å². The maximum absolute atomic E-state index is 12.7. The molecule has 0 unspecified atom stereocenters. The number of amides is 1. The first-order valence-electron chi connectivity index (χ1n) is 10.3. The number of ether oxygens (including phenoxy) is 1. The smallest absolute Gasteiger partial charge is 0.229 e. The Morgan fingerprint density at radius 3 is 2.82 bits per heavy atom. The Labute approximate surface area is 172 Å². The van der Waals surface area contributed by atoms with Gasteiger partial charge in [-0.2, -0.15) is 0 Å². The summed E-state index contributed by atoms with van der Waals surface area (Å²) >= 11 is 6.14. The number of pyridine rings is 1. The molecule has 0 bridgehead atoms. The molecule has 3 rings (SSSR count). The van der Waals surface area contributed by atoms with Crippen LogP contribution in [0, 0.1) is 0 Å². The number of halogens is 1. The molecule has 0 saturated heterocycles. The quantitative estimate of drug-likeness (QED) is 0.679. The van der Waals surface area contributed by atoms with Gasteiger partial charge in [-0.25, -0.2) is 9.98 Å². The van der Waals surface area contributed by atoms with Gasteiger partial charge in [-0.05, 0) is 52.5 Å². The maximum atomic E-state index is 12.7. The molecule has 0 aromatic carbocycles. The first kappa shape index (κ1) is 21.1. The number of aliphatic imine (C=N–C) groups is 1. The molecule has 1 saturated carbocycles. The van der Waals surface area contributed by atoms with Crippen LogP contribution in [0.2, 0.25) is 5.15 Å². The number of carbonyl (C=O) groups excluding carboxylic acids is 1. The van der Waals surface area contributed by atoms with Crippen molar-refractivity contribution in [3.8, 4) is 0 Å². The number of aromatic nitrogens is 1. The summed E-state index contributed by atoms with van der Waals surface area (Å²) in [6.45, 7) is 8.71. The number of nitrogens with zero attached hydrogens (tertiary/aromatic N) is 3. The zero-order valence-corrected chi connectivity index (χ0v) is 18.1. The molecule has 1 aliphatic carbocycles. The summed E-state index contributed by atoms with van der Waals surface area (Å²) in [6.07, 6.45) is 5.44. The predicted octanol–water partition coefficient (Wildman–Crippen LogP) is 4.45. The molecule has 6 nitrogen and oxygen atoms in total. The molecular weight excluding hydrogens is 376 g/mol. The van der Waals surface area contributed by atoms with Crippen molar-refractivity contribution in [3.05, 3.63) is 22.8 Å². The summed E-state index contributed by atoms with van der Waals surface area (Å²) in [5, 5.41) is 3.46. The zero-order chi connectivity index (χ0) is 20.3. The number of fused-ring (bicyclic) bond motifs is 1. The summed E-state index contributed by atoms with van der Waals surface area (Å²) < 4.78 is 6.07. The fourth-order valence-corrected chi connectivity index (χ4v) is 4.04. The van der Waals surface area contributed by atoms with Crippen LogP contribution in [0.1, 0.15) is 71.8 Å². The number of rotatable bonds is 7. The topological polar surface area (TPSA) is 66.8 Å². The van der Waals surface area contributed by atoms with Gasteiger partial charge in [0.1, 0.15) is 11.0 Å². The molecular formula is C21H31ClN4O2. The third-order valence-electron chi connectivity index (χ3n) is 5.31. The van der Waals surface area contributed by atoms with Crippen molar-refractivity contribution in [2.75, 3.05) is 4.90 Å². The van der Waals surface area contributed by atoms with Crippen molar-refractivity contribution in [2.45, 2.75) is 90.5 Å². The van der Waals surface area contributed by atoms with Gasteiger partial charge in [0.25, 0.3) is 0 Å². The van der Waals surface area contributed by atoms with Crippen LogP contribution in [0.15, 0.2) is 17.1 Å². The summed E-state index contributed by atoms with van der Waals surface area (Å²) in [4.78, 5) is 23.9. The summed E-state index contributed by atoms with van der Waals surface area (Å²) in [5.41, 5.74) is 0.807. The van der Waals surface area contributed by atoms with Gasteiger partial charge < -0.3 is 4.74 Å². The van der Waals surface area contributed by atoms with Crippen LogP contribution in [-0.2, 0) is 16.1 Å². The van der Waals surface area contributed by atoms with Gasteiger partial charge in [0, 0.05) is 11.6 Å².